The Bertz CT molecular complexity index is 548. The van der Waals surface area contributed by atoms with Gasteiger partial charge in [-0.25, -0.2) is 0 Å². The Morgan fingerprint density at radius 3 is 2.65 bits per heavy atom. The molecular formula is C15H15BrINO2. The van der Waals surface area contributed by atoms with E-state index in [1.807, 2.05) is 48.5 Å². The summed E-state index contributed by atoms with van der Waals surface area (Å²) in [6.45, 7) is 0.711. The fourth-order valence-electron chi connectivity index (χ4n) is 1.61. The number of hydrogen-bond acceptors (Lipinski definition) is 3. The SMILES string of the molecule is OC(CNc1ccc(I)cc1)COc1cccc(Br)c1. The van der Waals surface area contributed by atoms with E-state index in [-0.39, 0.29) is 6.61 Å². The molecule has 106 valence electrons. The van der Waals surface area contributed by atoms with Crippen LogP contribution in [0.15, 0.2) is 53.0 Å². The standard InChI is InChI=1S/C15H15BrINO2/c16-11-2-1-3-15(8-11)20-10-14(19)9-18-13-6-4-12(17)5-7-13/h1-8,14,18-19H,9-10H2. The van der Waals surface area contributed by atoms with Crippen molar-refractivity contribution in [1.29, 1.82) is 0 Å². The second kappa shape index (κ2) is 7.85. The molecule has 0 aromatic heterocycles. The number of benzene rings is 2. The van der Waals surface area contributed by atoms with Gasteiger partial charge in [0.05, 0.1) is 0 Å². The average Bonchev–Trinajstić information content (AvgIpc) is 2.45. The van der Waals surface area contributed by atoms with Crippen LogP contribution in [0.3, 0.4) is 0 Å². The number of nitrogens with one attached hydrogen (secondary N) is 1. The van der Waals surface area contributed by atoms with Gasteiger partial charge >= 0.3 is 0 Å². The molecule has 0 aliphatic carbocycles. The summed E-state index contributed by atoms with van der Waals surface area (Å²) in [6.07, 6.45) is -0.562. The second-order valence-electron chi connectivity index (χ2n) is 4.31. The predicted octanol–water partition coefficient (Wildman–Crippen LogP) is 3.91. The van der Waals surface area contributed by atoms with Crippen molar-refractivity contribution in [3.63, 3.8) is 0 Å². The number of aliphatic hydroxyl groups excluding tert-OH is 1. The Morgan fingerprint density at radius 1 is 1.20 bits per heavy atom. The first-order valence-corrected chi connectivity index (χ1v) is 8.06. The zero-order chi connectivity index (χ0) is 14.4. The van der Waals surface area contributed by atoms with Crippen LogP contribution in [0.1, 0.15) is 0 Å². The van der Waals surface area contributed by atoms with Crippen molar-refractivity contribution < 1.29 is 9.84 Å². The lowest BCUT2D eigenvalue weighted by Crippen LogP contribution is -2.26. The molecule has 0 saturated heterocycles. The van der Waals surface area contributed by atoms with Gasteiger partial charge in [0.2, 0.25) is 0 Å². The Labute approximate surface area is 140 Å². The summed E-state index contributed by atoms with van der Waals surface area (Å²) in [5.41, 5.74) is 0.993. The smallest absolute Gasteiger partial charge is 0.120 e. The molecule has 0 heterocycles. The van der Waals surface area contributed by atoms with Gasteiger partial charge < -0.3 is 15.2 Å². The highest BCUT2D eigenvalue weighted by atomic mass is 127. The molecule has 20 heavy (non-hydrogen) atoms. The molecule has 0 amide bonds. The van der Waals surface area contributed by atoms with Crippen LogP contribution in [-0.2, 0) is 0 Å². The van der Waals surface area contributed by atoms with E-state index in [0.29, 0.717) is 6.54 Å². The molecule has 3 nitrogen and oxygen atoms in total. The van der Waals surface area contributed by atoms with Crippen LogP contribution in [0.4, 0.5) is 5.69 Å². The lowest BCUT2D eigenvalue weighted by atomic mass is 10.3. The van der Waals surface area contributed by atoms with Crippen LogP contribution in [0.25, 0.3) is 0 Å². The first-order valence-electron chi connectivity index (χ1n) is 6.19. The van der Waals surface area contributed by atoms with E-state index in [1.165, 1.54) is 3.57 Å². The summed E-state index contributed by atoms with van der Waals surface area (Å²) < 4.78 is 7.68. The van der Waals surface area contributed by atoms with Crippen LogP contribution < -0.4 is 10.1 Å². The average molecular weight is 448 g/mol. The molecule has 2 aromatic carbocycles. The lowest BCUT2D eigenvalue weighted by Gasteiger charge is -2.14. The highest BCUT2D eigenvalue weighted by Crippen LogP contribution is 2.18. The third-order valence-corrected chi connectivity index (χ3v) is 3.84. The first kappa shape index (κ1) is 15.6. The van der Waals surface area contributed by atoms with E-state index in [0.717, 1.165) is 15.9 Å². The van der Waals surface area contributed by atoms with Crippen LogP contribution in [0.5, 0.6) is 5.75 Å². The van der Waals surface area contributed by atoms with E-state index in [1.54, 1.807) is 0 Å². The monoisotopic (exact) mass is 447 g/mol. The summed E-state index contributed by atoms with van der Waals surface area (Å²) in [7, 11) is 0. The van der Waals surface area contributed by atoms with Gasteiger partial charge in [-0.15, -0.1) is 0 Å². The van der Waals surface area contributed by atoms with Gasteiger partial charge in [-0.3, -0.25) is 0 Å². The van der Waals surface area contributed by atoms with Crippen molar-refractivity contribution in [2.45, 2.75) is 6.10 Å². The van der Waals surface area contributed by atoms with Gasteiger partial charge in [-0.05, 0) is 65.1 Å². The van der Waals surface area contributed by atoms with E-state index < -0.39 is 6.10 Å². The number of anilines is 1. The quantitative estimate of drug-likeness (QED) is 0.660. The molecule has 0 aliphatic heterocycles. The highest BCUT2D eigenvalue weighted by Gasteiger charge is 2.05. The minimum absolute atomic E-state index is 0.258. The molecule has 5 heteroatoms. The van der Waals surface area contributed by atoms with Gasteiger partial charge in [0.1, 0.15) is 18.5 Å². The van der Waals surface area contributed by atoms with E-state index in [4.69, 9.17) is 4.74 Å². The third-order valence-electron chi connectivity index (χ3n) is 2.62. The van der Waals surface area contributed by atoms with Crippen LogP contribution in [0.2, 0.25) is 0 Å². The Morgan fingerprint density at radius 2 is 1.95 bits per heavy atom. The Hall–Kier alpha value is -0.790. The largest absolute Gasteiger partial charge is 0.491 e. The fraction of sp³-hybridized carbons (Fsp3) is 0.200. The molecule has 0 saturated carbocycles. The minimum atomic E-state index is -0.562. The highest BCUT2D eigenvalue weighted by molar-refractivity contribution is 14.1. The minimum Gasteiger partial charge on any atom is -0.491 e. The predicted molar refractivity (Wildman–Crippen MR) is 93.3 cm³/mol. The topological polar surface area (TPSA) is 41.5 Å². The number of ether oxygens (including phenoxy) is 1. The molecule has 1 atom stereocenters. The van der Waals surface area contributed by atoms with Crippen molar-refractivity contribution in [2.75, 3.05) is 18.5 Å². The van der Waals surface area contributed by atoms with Gasteiger partial charge in [-0.1, -0.05) is 22.0 Å². The van der Waals surface area contributed by atoms with Gasteiger partial charge in [0.15, 0.2) is 0 Å². The maximum atomic E-state index is 9.90. The zero-order valence-electron chi connectivity index (χ0n) is 10.7. The second-order valence-corrected chi connectivity index (χ2v) is 6.47. The summed E-state index contributed by atoms with van der Waals surface area (Å²) in [4.78, 5) is 0. The molecule has 0 bridgehead atoms. The molecular weight excluding hydrogens is 433 g/mol. The summed E-state index contributed by atoms with van der Waals surface area (Å²) in [5.74, 6) is 0.743. The maximum absolute atomic E-state index is 9.90. The van der Waals surface area contributed by atoms with Gasteiger partial charge in [0.25, 0.3) is 0 Å². The van der Waals surface area contributed by atoms with Gasteiger partial charge in [0, 0.05) is 20.3 Å². The van der Waals surface area contributed by atoms with E-state index in [2.05, 4.69) is 43.8 Å². The Balaban J connectivity index is 1.75. The summed E-state index contributed by atoms with van der Waals surface area (Å²) in [5, 5.41) is 13.1. The van der Waals surface area contributed by atoms with Crippen molar-refractivity contribution in [1.82, 2.24) is 0 Å². The first-order chi connectivity index (χ1) is 9.63. The zero-order valence-corrected chi connectivity index (χ0v) is 14.5. The molecule has 2 N–H and O–H groups in total. The molecule has 0 radical (unpaired) electrons. The Kier molecular flexibility index (Phi) is 6.12. The lowest BCUT2D eigenvalue weighted by molar-refractivity contribution is 0.117. The number of rotatable bonds is 6. The molecule has 0 fully saturated rings. The molecule has 0 spiro atoms. The molecule has 1 unspecified atom stereocenters. The van der Waals surface area contributed by atoms with Crippen LogP contribution in [-0.4, -0.2) is 24.4 Å². The van der Waals surface area contributed by atoms with Crippen LogP contribution >= 0.6 is 38.5 Å². The molecule has 2 rings (SSSR count). The van der Waals surface area contributed by atoms with Crippen molar-refractivity contribution in [3.05, 3.63) is 56.6 Å². The number of hydrogen-bond donors (Lipinski definition) is 2. The van der Waals surface area contributed by atoms with Crippen molar-refractivity contribution in [2.24, 2.45) is 0 Å². The normalized spacial score (nSPS) is 11.9. The maximum Gasteiger partial charge on any atom is 0.120 e. The van der Waals surface area contributed by atoms with Crippen LogP contribution in [0, 0.1) is 3.57 Å². The van der Waals surface area contributed by atoms with Crippen molar-refractivity contribution in [3.8, 4) is 5.75 Å². The van der Waals surface area contributed by atoms with Crippen molar-refractivity contribution >= 4 is 44.2 Å². The number of halogens is 2. The number of aliphatic hydroxyl groups is 1. The van der Waals surface area contributed by atoms with E-state index in [9.17, 15) is 5.11 Å². The molecule has 2 aromatic rings. The molecule has 0 aliphatic rings. The summed E-state index contributed by atoms with van der Waals surface area (Å²) >= 11 is 5.64. The summed E-state index contributed by atoms with van der Waals surface area (Å²) in [6, 6.07) is 15.6. The third kappa shape index (κ3) is 5.30. The van der Waals surface area contributed by atoms with Gasteiger partial charge in [-0.2, -0.15) is 0 Å². The van der Waals surface area contributed by atoms with E-state index >= 15 is 0 Å². The fourth-order valence-corrected chi connectivity index (χ4v) is 2.35.